The summed E-state index contributed by atoms with van der Waals surface area (Å²) in [6.45, 7) is 6.16. The molecule has 1 amide bonds. The van der Waals surface area contributed by atoms with Crippen LogP contribution in [0.15, 0.2) is 18.3 Å². The molecule has 22 heavy (non-hydrogen) atoms. The molecule has 1 saturated heterocycles. The molecule has 1 aliphatic heterocycles. The van der Waals surface area contributed by atoms with Gasteiger partial charge < -0.3 is 20.1 Å². The monoisotopic (exact) mass is 307 g/mol. The van der Waals surface area contributed by atoms with Gasteiger partial charge in [0.05, 0.1) is 0 Å². The van der Waals surface area contributed by atoms with E-state index in [1.54, 1.807) is 23.2 Å². The van der Waals surface area contributed by atoms with E-state index in [1.807, 2.05) is 13.8 Å². The van der Waals surface area contributed by atoms with Crippen LogP contribution >= 0.6 is 0 Å². The Morgan fingerprint density at radius 3 is 2.86 bits per heavy atom. The zero-order valence-corrected chi connectivity index (χ0v) is 13.3. The molecule has 2 N–H and O–H groups in total. The molecule has 1 aromatic heterocycles. The van der Waals surface area contributed by atoms with Crippen LogP contribution in [0.1, 0.15) is 37.2 Å². The van der Waals surface area contributed by atoms with Crippen molar-refractivity contribution in [3.8, 4) is 5.75 Å². The van der Waals surface area contributed by atoms with Crippen molar-refractivity contribution in [2.45, 2.75) is 38.8 Å². The molecule has 0 spiro atoms. The van der Waals surface area contributed by atoms with E-state index in [1.165, 1.54) is 0 Å². The third kappa shape index (κ3) is 4.68. The van der Waals surface area contributed by atoms with Crippen LogP contribution in [0, 0.1) is 0 Å². The Morgan fingerprint density at radius 2 is 2.18 bits per heavy atom. The maximum Gasteiger partial charge on any atom is 0.276 e. The third-order valence-electron chi connectivity index (χ3n) is 3.56. The van der Waals surface area contributed by atoms with Crippen molar-refractivity contribution in [1.82, 2.24) is 15.2 Å². The number of aliphatic hydroxyl groups is 1. The average Bonchev–Trinajstić information content (AvgIpc) is 3.05. The van der Waals surface area contributed by atoms with Crippen molar-refractivity contribution in [3.63, 3.8) is 0 Å². The Hall–Kier alpha value is -1.66. The lowest BCUT2D eigenvalue weighted by Crippen LogP contribution is -2.35. The zero-order valence-electron chi connectivity index (χ0n) is 13.3. The van der Waals surface area contributed by atoms with Crippen molar-refractivity contribution >= 4 is 5.91 Å². The van der Waals surface area contributed by atoms with Gasteiger partial charge in [-0.1, -0.05) is 13.8 Å². The number of aromatic nitrogens is 1. The number of aliphatic hydroxyl groups excluding tert-OH is 1. The van der Waals surface area contributed by atoms with E-state index in [4.69, 9.17) is 4.74 Å². The number of ether oxygens (including phenoxy) is 1. The number of carbonyl (C=O) groups excluding carboxylic acids is 1. The maximum absolute atomic E-state index is 12.4. The van der Waals surface area contributed by atoms with E-state index in [0.717, 1.165) is 25.9 Å². The second-order valence-corrected chi connectivity index (χ2v) is 5.88. The Balaban J connectivity index is 1.94. The SMILES string of the molecule is CC(C)NCC(O)COc1cccnc1C(=O)N1CCCC1. The molecule has 0 aromatic carbocycles. The number of hydrogen-bond acceptors (Lipinski definition) is 5. The number of hydrogen-bond donors (Lipinski definition) is 2. The molecule has 1 unspecified atom stereocenters. The van der Waals surface area contributed by atoms with Crippen LogP contribution in [0.4, 0.5) is 0 Å². The van der Waals surface area contributed by atoms with Gasteiger partial charge in [-0.25, -0.2) is 4.98 Å². The highest BCUT2D eigenvalue weighted by atomic mass is 16.5. The van der Waals surface area contributed by atoms with Crippen molar-refractivity contribution in [2.24, 2.45) is 0 Å². The number of carbonyl (C=O) groups is 1. The fourth-order valence-corrected chi connectivity index (χ4v) is 2.35. The molecule has 1 aromatic rings. The zero-order chi connectivity index (χ0) is 15.9. The van der Waals surface area contributed by atoms with Gasteiger partial charge in [0.2, 0.25) is 0 Å². The lowest BCUT2D eigenvalue weighted by molar-refractivity contribution is 0.0768. The largest absolute Gasteiger partial charge is 0.488 e. The summed E-state index contributed by atoms with van der Waals surface area (Å²) in [7, 11) is 0. The van der Waals surface area contributed by atoms with Gasteiger partial charge in [-0.05, 0) is 25.0 Å². The van der Waals surface area contributed by atoms with Crippen LogP contribution in [0.25, 0.3) is 0 Å². The molecule has 122 valence electrons. The predicted molar refractivity (Wildman–Crippen MR) is 84.0 cm³/mol. The second-order valence-electron chi connectivity index (χ2n) is 5.88. The number of amides is 1. The summed E-state index contributed by atoms with van der Waals surface area (Å²) in [6, 6.07) is 3.76. The Bertz CT molecular complexity index is 487. The first kappa shape index (κ1) is 16.7. The molecule has 1 atom stereocenters. The number of nitrogens with zero attached hydrogens (tertiary/aromatic N) is 2. The van der Waals surface area contributed by atoms with Gasteiger partial charge in [0.25, 0.3) is 5.91 Å². The van der Waals surface area contributed by atoms with Gasteiger partial charge >= 0.3 is 0 Å². The molecule has 1 fully saturated rings. The number of pyridine rings is 1. The smallest absolute Gasteiger partial charge is 0.276 e. The van der Waals surface area contributed by atoms with E-state index in [9.17, 15) is 9.90 Å². The molecule has 6 nitrogen and oxygen atoms in total. The lowest BCUT2D eigenvalue weighted by Gasteiger charge is -2.18. The molecular weight excluding hydrogens is 282 g/mol. The minimum Gasteiger partial charge on any atom is -0.488 e. The molecule has 2 rings (SSSR count). The highest BCUT2D eigenvalue weighted by Gasteiger charge is 2.23. The molecular formula is C16H25N3O3. The Kier molecular flexibility index (Phi) is 6.15. The molecule has 0 bridgehead atoms. The standard InChI is InChI=1S/C16H25N3O3/c1-12(2)18-10-13(20)11-22-14-6-5-7-17-15(14)16(21)19-8-3-4-9-19/h5-7,12-13,18,20H,3-4,8-11H2,1-2H3. The van der Waals surface area contributed by atoms with Crippen LogP contribution < -0.4 is 10.1 Å². The molecule has 0 radical (unpaired) electrons. The van der Waals surface area contributed by atoms with E-state index < -0.39 is 6.10 Å². The first-order chi connectivity index (χ1) is 10.6. The van der Waals surface area contributed by atoms with E-state index in [-0.39, 0.29) is 12.5 Å². The van der Waals surface area contributed by atoms with Gasteiger partial charge in [-0.3, -0.25) is 4.79 Å². The minimum atomic E-state index is -0.627. The highest BCUT2D eigenvalue weighted by Crippen LogP contribution is 2.20. The fraction of sp³-hybridized carbons (Fsp3) is 0.625. The number of rotatable bonds is 7. The second kappa shape index (κ2) is 8.10. The van der Waals surface area contributed by atoms with E-state index >= 15 is 0 Å². The van der Waals surface area contributed by atoms with Gasteiger partial charge in [0.1, 0.15) is 12.7 Å². The maximum atomic E-state index is 12.4. The third-order valence-corrected chi connectivity index (χ3v) is 3.56. The van der Waals surface area contributed by atoms with Crippen LogP contribution in [0.2, 0.25) is 0 Å². The molecule has 0 saturated carbocycles. The van der Waals surface area contributed by atoms with Crippen molar-refractivity contribution < 1.29 is 14.6 Å². The van der Waals surface area contributed by atoms with Gasteiger partial charge in [-0.2, -0.15) is 0 Å². The van der Waals surface area contributed by atoms with E-state index in [0.29, 0.717) is 24.0 Å². The first-order valence-corrected chi connectivity index (χ1v) is 7.86. The summed E-state index contributed by atoms with van der Waals surface area (Å²) >= 11 is 0. The minimum absolute atomic E-state index is 0.0945. The van der Waals surface area contributed by atoms with Crippen molar-refractivity contribution in [1.29, 1.82) is 0 Å². The topological polar surface area (TPSA) is 74.7 Å². The normalized spacial score (nSPS) is 16.1. The highest BCUT2D eigenvalue weighted by molar-refractivity contribution is 5.95. The quantitative estimate of drug-likeness (QED) is 0.788. The van der Waals surface area contributed by atoms with Gasteiger partial charge in [0.15, 0.2) is 11.4 Å². The fourth-order valence-electron chi connectivity index (χ4n) is 2.35. The summed E-state index contributed by atoms with van der Waals surface area (Å²) in [5, 5.41) is 13.0. The molecule has 6 heteroatoms. The lowest BCUT2D eigenvalue weighted by atomic mass is 10.3. The van der Waals surface area contributed by atoms with Crippen molar-refractivity contribution in [3.05, 3.63) is 24.0 Å². The van der Waals surface area contributed by atoms with Crippen molar-refractivity contribution in [2.75, 3.05) is 26.2 Å². The van der Waals surface area contributed by atoms with Crippen LogP contribution in [-0.4, -0.2) is 59.3 Å². The van der Waals surface area contributed by atoms with Gasteiger partial charge in [0, 0.05) is 31.9 Å². The summed E-state index contributed by atoms with van der Waals surface area (Å²) in [4.78, 5) is 18.4. The Morgan fingerprint density at radius 1 is 1.45 bits per heavy atom. The predicted octanol–water partition coefficient (Wildman–Crippen LogP) is 1.06. The van der Waals surface area contributed by atoms with Crippen LogP contribution in [0.3, 0.4) is 0 Å². The summed E-state index contributed by atoms with van der Waals surface area (Å²) in [6.07, 6.45) is 3.03. The Labute approximate surface area is 131 Å². The number of likely N-dealkylation sites (tertiary alicyclic amines) is 1. The summed E-state index contributed by atoms with van der Waals surface area (Å²) < 4.78 is 5.61. The van der Waals surface area contributed by atoms with Crippen LogP contribution in [-0.2, 0) is 0 Å². The molecule has 0 aliphatic carbocycles. The molecule has 2 heterocycles. The summed E-state index contributed by atoms with van der Waals surface area (Å²) in [5.41, 5.74) is 0.327. The summed E-state index contributed by atoms with van der Waals surface area (Å²) in [5.74, 6) is 0.339. The number of nitrogens with one attached hydrogen (secondary N) is 1. The van der Waals surface area contributed by atoms with E-state index in [2.05, 4.69) is 10.3 Å². The average molecular weight is 307 g/mol. The molecule has 1 aliphatic rings. The van der Waals surface area contributed by atoms with Gasteiger partial charge in [-0.15, -0.1) is 0 Å². The van der Waals surface area contributed by atoms with Crippen LogP contribution in [0.5, 0.6) is 5.75 Å². The first-order valence-electron chi connectivity index (χ1n) is 7.86.